The number of carbonyl (C=O) groups is 1. The quantitative estimate of drug-likeness (QED) is 0.640. The Morgan fingerprint density at radius 2 is 2.00 bits per heavy atom. The van der Waals surface area contributed by atoms with Crippen LogP contribution in [0.3, 0.4) is 0 Å². The molecule has 0 atom stereocenters. The average molecular weight is 422 g/mol. The molecule has 3 aromatic rings. The van der Waals surface area contributed by atoms with Gasteiger partial charge < -0.3 is 14.4 Å². The molecule has 0 saturated carbocycles. The number of ether oxygens (including phenoxy) is 2. The van der Waals surface area contributed by atoms with E-state index in [1.807, 2.05) is 52.9 Å². The van der Waals surface area contributed by atoms with Crippen molar-refractivity contribution in [3.05, 3.63) is 59.2 Å². The Morgan fingerprint density at radius 1 is 1.23 bits per heavy atom. The number of carbonyl (C=O) groups excluding carboxylic acids is 1. The fourth-order valence-electron chi connectivity index (χ4n) is 4.37. The largest absolute Gasteiger partial charge is 0.487 e. The minimum absolute atomic E-state index is 0.0237. The van der Waals surface area contributed by atoms with Gasteiger partial charge in [0.25, 0.3) is 5.91 Å². The summed E-state index contributed by atoms with van der Waals surface area (Å²) in [6, 6.07) is 11.5. The van der Waals surface area contributed by atoms with Crippen LogP contribution in [0, 0.1) is 6.92 Å². The fourth-order valence-corrected chi connectivity index (χ4v) is 4.37. The van der Waals surface area contributed by atoms with Crippen molar-refractivity contribution in [1.82, 2.24) is 29.7 Å². The third-order valence-electron chi connectivity index (χ3n) is 6.17. The highest BCUT2D eigenvalue weighted by molar-refractivity contribution is 5.92. The molecule has 1 spiro atoms. The van der Waals surface area contributed by atoms with E-state index < -0.39 is 0 Å². The van der Waals surface area contributed by atoms with Gasteiger partial charge in [-0.2, -0.15) is 5.10 Å². The number of amides is 1. The van der Waals surface area contributed by atoms with Gasteiger partial charge in [0.05, 0.1) is 30.1 Å². The molecule has 0 bridgehead atoms. The zero-order chi connectivity index (χ0) is 21.4. The number of likely N-dealkylation sites (tertiary alicyclic amines) is 1. The topological polar surface area (TPSA) is 87.3 Å². The van der Waals surface area contributed by atoms with Crippen LogP contribution in [0.2, 0.25) is 0 Å². The van der Waals surface area contributed by atoms with Gasteiger partial charge in [-0.3, -0.25) is 9.48 Å². The second-order valence-corrected chi connectivity index (χ2v) is 8.30. The maximum Gasteiger partial charge on any atom is 0.272 e. The van der Waals surface area contributed by atoms with Crippen LogP contribution >= 0.6 is 0 Å². The van der Waals surface area contributed by atoms with E-state index in [1.54, 1.807) is 11.7 Å². The van der Waals surface area contributed by atoms with Crippen molar-refractivity contribution in [2.75, 3.05) is 13.1 Å². The van der Waals surface area contributed by atoms with Crippen LogP contribution in [0.4, 0.5) is 0 Å². The summed E-state index contributed by atoms with van der Waals surface area (Å²) in [5, 5.41) is 13.0. The van der Waals surface area contributed by atoms with Gasteiger partial charge in [0, 0.05) is 20.1 Å². The summed E-state index contributed by atoms with van der Waals surface area (Å²) in [6.45, 7) is 4.66. The van der Waals surface area contributed by atoms with Crippen molar-refractivity contribution in [2.24, 2.45) is 7.05 Å². The number of nitrogens with zero attached hydrogens (tertiary/aromatic N) is 6. The monoisotopic (exact) mass is 422 g/mol. The Bertz CT molecular complexity index is 1080. The zero-order valence-corrected chi connectivity index (χ0v) is 17.8. The molecule has 31 heavy (non-hydrogen) atoms. The maximum absolute atomic E-state index is 12.9. The average Bonchev–Trinajstić information content (AvgIpc) is 3.34. The lowest BCUT2D eigenvalue weighted by Crippen LogP contribution is -2.52. The predicted octanol–water partition coefficient (Wildman–Crippen LogP) is 2.10. The molecule has 0 radical (unpaired) electrons. The maximum atomic E-state index is 12.9. The zero-order valence-electron chi connectivity index (χ0n) is 17.8. The molecule has 4 heterocycles. The van der Waals surface area contributed by atoms with Gasteiger partial charge in [-0.15, -0.1) is 5.10 Å². The number of aromatic nitrogens is 5. The van der Waals surface area contributed by atoms with Gasteiger partial charge in [-0.25, -0.2) is 4.68 Å². The molecular formula is C22H26N6O3. The highest BCUT2D eigenvalue weighted by Gasteiger charge is 2.41. The second-order valence-electron chi connectivity index (χ2n) is 8.30. The van der Waals surface area contributed by atoms with Crippen molar-refractivity contribution in [2.45, 2.75) is 45.1 Å². The third kappa shape index (κ3) is 3.81. The molecule has 1 aromatic carbocycles. The van der Waals surface area contributed by atoms with Crippen LogP contribution in [0.5, 0.6) is 5.75 Å². The molecule has 0 N–H and O–H groups in total. The van der Waals surface area contributed by atoms with E-state index in [4.69, 9.17) is 9.47 Å². The van der Waals surface area contributed by atoms with Crippen LogP contribution in [0.25, 0.3) is 0 Å². The smallest absolute Gasteiger partial charge is 0.272 e. The number of rotatable bonds is 4. The first-order valence-electron chi connectivity index (χ1n) is 10.6. The lowest BCUT2D eigenvalue weighted by Gasteiger charge is -2.43. The lowest BCUT2D eigenvalue weighted by molar-refractivity contribution is -0.120. The second kappa shape index (κ2) is 7.81. The Morgan fingerprint density at radius 3 is 2.71 bits per heavy atom. The predicted molar refractivity (Wildman–Crippen MR) is 111 cm³/mol. The summed E-state index contributed by atoms with van der Waals surface area (Å²) < 4.78 is 15.8. The van der Waals surface area contributed by atoms with Gasteiger partial charge >= 0.3 is 0 Å². The molecule has 1 amide bonds. The lowest BCUT2D eigenvalue weighted by atomic mass is 9.89. The minimum atomic E-state index is -0.308. The first-order chi connectivity index (χ1) is 15.0. The number of aryl methyl sites for hydroxylation is 2. The number of para-hydroxylation sites is 1. The third-order valence-corrected chi connectivity index (χ3v) is 6.17. The Labute approximate surface area is 180 Å². The number of hydrogen-bond donors (Lipinski definition) is 0. The summed E-state index contributed by atoms with van der Waals surface area (Å²) in [5.74, 6) is 0.827. The first kappa shape index (κ1) is 19.7. The molecule has 2 aliphatic rings. The summed E-state index contributed by atoms with van der Waals surface area (Å²) in [6.07, 6.45) is 1.54. The number of hydrogen-bond acceptors (Lipinski definition) is 6. The van der Waals surface area contributed by atoms with E-state index in [0.717, 1.165) is 35.7 Å². The van der Waals surface area contributed by atoms with Crippen LogP contribution in [0.15, 0.2) is 36.4 Å². The van der Waals surface area contributed by atoms with Crippen LogP contribution in [0.1, 0.15) is 40.4 Å². The SMILES string of the molecule is Cc1cc(C(=O)N2CCC3(CC2)Cn2nnc(COc4ccccc4)c2CO3)n(C)n1. The van der Waals surface area contributed by atoms with Gasteiger partial charge in [0.1, 0.15) is 23.7 Å². The molecule has 1 fully saturated rings. The van der Waals surface area contributed by atoms with Gasteiger partial charge in [0.15, 0.2) is 0 Å². The fraction of sp³-hybridized carbons (Fsp3) is 0.455. The molecule has 0 aliphatic carbocycles. The van der Waals surface area contributed by atoms with Crippen LogP contribution < -0.4 is 4.74 Å². The molecule has 0 unspecified atom stereocenters. The summed E-state index contributed by atoms with van der Waals surface area (Å²) >= 11 is 0. The van der Waals surface area contributed by atoms with Crippen molar-refractivity contribution < 1.29 is 14.3 Å². The Kier molecular flexibility index (Phi) is 4.97. The Balaban J connectivity index is 1.22. The van der Waals surface area contributed by atoms with Gasteiger partial charge in [-0.05, 0) is 38.0 Å². The summed E-state index contributed by atoms with van der Waals surface area (Å²) in [7, 11) is 1.81. The number of piperidine rings is 1. The van der Waals surface area contributed by atoms with E-state index in [9.17, 15) is 4.79 Å². The minimum Gasteiger partial charge on any atom is -0.487 e. The molecule has 2 aromatic heterocycles. The van der Waals surface area contributed by atoms with E-state index in [1.165, 1.54) is 0 Å². The van der Waals surface area contributed by atoms with Crippen molar-refractivity contribution in [3.8, 4) is 5.75 Å². The van der Waals surface area contributed by atoms with E-state index in [-0.39, 0.29) is 11.5 Å². The number of fused-ring (bicyclic) bond motifs is 1. The highest BCUT2D eigenvalue weighted by Crippen LogP contribution is 2.34. The van der Waals surface area contributed by atoms with E-state index in [2.05, 4.69) is 15.4 Å². The summed E-state index contributed by atoms with van der Waals surface area (Å²) in [5.41, 5.74) is 2.93. The molecule has 1 saturated heterocycles. The number of benzene rings is 1. The standard InChI is InChI=1S/C22H26N6O3/c1-16-12-19(26(2)24-16)21(29)27-10-8-22(9-11-27)15-28-20(14-31-22)18(23-25-28)13-30-17-6-4-3-5-7-17/h3-7,12H,8-11,13-15H2,1-2H3. The van der Waals surface area contributed by atoms with Gasteiger partial charge in [0.2, 0.25) is 0 Å². The normalized spacial score (nSPS) is 17.5. The van der Waals surface area contributed by atoms with E-state index >= 15 is 0 Å². The highest BCUT2D eigenvalue weighted by atomic mass is 16.5. The van der Waals surface area contributed by atoms with Crippen LogP contribution in [-0.4, -0.2) is 54.3 Å². The van der Waals surface area contributed by atoms with Crippen LogP contribution in [-0.2, 0) is 31.5 Å². The van der Waals surface area contributed by atoms with Crippen molar-refractivity contribution in [3.63, 3.8) is 0 Å². The molecule has 9 heteroatoms. The first-order valence-corrected chi connectivity index (χ1v) is 10.6. The van der Waals surface area contributed by atoms with Gasteiger partial charge in [-0.1, -0.05) is 23.4 Å². The summed E-state index contributed by atoms with van der Waals surface area (Å²) in [4.78, 5) is 14.8. The van der Waals surface area contributed by atoms with Crippen molar-refractivity contribution >= 4 is 5.91 Å². The van der Waals surface area contributed by atoms with Crippen molar-refractivity contribution in [1.29, 1.82) is 0 Å². The molecule has 9 nitrogen and oxygen atoms in total. The molecule has 2 aliphatic heterocycles. The molecule has 162 valence electrons. The molecule has 5 rings (SSSR count). The molecular weight excluding hydrogens is 396 g/mol. The van der Waals surface area contributed by atoms with E-state index in [0.29, 0.717) is 38.5 Å². The Hall–Kier alpha value is -3.20.